The molecular formula is C14H24S. The third-order valence-corrected chi connectivity index (χ3v) is 3.91. The molecule has 0 saturated heterocycles. The summed E-state index contributed by atoms with van der Waals surface area (Å²) in [5, 5.41) is 2.37. The SMILES string of the molecule is CCCCC(CCCC)c1csc(C)c1. The Morgan fingerprint density at radius 2 is 1.73 bits per heavy atom. The van der Waals surface area contributed by atoms with Crippen LogP contribution in [-0.2, 0) is 0 Å². The third-order valence-electron chi connectivity index (χ3n) is 3.03. The van der Waals surface area contributed by atoms with Crippen LogP contribution in [0.4, 0.5) is 0 Å². The Morgan fingerprint density at radius 3 is 2.13 bits per heavy atom. The molecule has 1 heterocycles. The lowest BCUT2D eigenvalue weighted by atomic mass is 9.91. The lowest BCUT2D eigenvalue weighted by Crippen LogP contribution is -1.97. The zero-order valence-corrected chi connectivity index (χ0v) is 11.2. The second-order valence-electron chi connectivity index (χ2n) is 4.47. The number of hydrogen-bond donors (Lipinski definition) is 0. The van der Waals surface area contributed by atoms with Crippen molar-refractivity contribution in [2.24, 2.45) is 0 Å². The van der Waals surface area contributed by atoms with Crippen LogP contribution in [0.2, 0.25) is 0 Å². The Hall–Kier alpha value is -0.300. The van der Waals surface area contributed by atoms with E-state index >= 15 is 0 Å². The van der Waals surface area contributed by atoms with Crippen LogP contribution in [0.3, 0.4) is 0 Å². The molecular weight excluding hydrogens is 200 g/mol. The zero-order chi connectivity index (χ0) is 11.1. The first-order valence-corrected chi connectivity index (χ1v) is 7.20. The summed E-state index contributed by atoms with van der Waals surface area (Å²) in [6.45, 7) is 6.79. The van der Waals surface area contributed by atoms with Crippen LogP contribution >= 0.6 is 11.3 Å². The lowest BCUT2D eigenvalue weighted by molar-refractivity contribution is 0.526. The van der Waals surface area contributed by atoms with Crippen LogP contribution < -0.4 is 0 Å². The molecule has 0 spiro atoms. The molecule has 1 rings (SSSR count). The Morgan fingerprint density at radius 1 is 1.13 bits per heavy atom. The largest absolute Gasteiger partial charge is 0.149 e. The third kappa shape index (κ3) is 4.38. The molecule has 0 fully saturated rings. The van der Waals surface area contributed by atoms with Crippen LogP contribution in [0, 0.1) is 6.92 Å². The van der Waals surface area contributed by atoms with E-state index in [-0.39, 0.29) is 0 Å². The molecule has 0 unspecified atom stereocenters. The average molecular weight is 224 g/mol. The molecule has 1 heteroatoms. The van der Waals surface area contributed by atoms with Gasteiger partial charge in [-0.1, -0.05) is 39.5 Å². The van der Waals surface area contributed by atoms with E-state index in [0.717, 1.165) is 5.92 Å². The van der Waals surface area contributed by atoms with E-state index in [1.165, 1.54) is 43.4 Å². The summed E-state index contributed by atoms with van der Waals surface area (Å²) < 4.78 is 0. The predicted molar refractivity (Wildman–Crippen MR) is 70.8 cm³/mol. The van der Waals surface area contributed by atoms with Gasteiger partial charge in [-0.3, -0.25) is 0 Å². The summed E-state index contributed by atoms with van der Waals surface area (Å²) in [7, 11) is 0. The molecule has 0 amide bonds. The highest BCUT2D eigenvalue weighted by atomic mass is 32.1. The highest BCUT2D eigenvalue weighted by Crippen LogP contribution is 2.30. The van der Waals surface area contributed by atoms with Gasteiger partial charge >= 0.3 is 0 Å². The van der Waals surface area contributed by atoms with Crippen molar-refractivity contribution in [3.63, 3.8) is 0 Å². The summed E-state index contributed by atoms with van der Waals surface area (Å²) >= 11 is 1.90. The first-order valence-electron chi connectivity index (χ1n) is 6.33. The number of thiophene rings is 1. The summed E-state index contributed by atoms with van der Waals surface area (Å²) in [5.41, 5.74) is 1.60. The second kappa shape index (κ2) is 7.05. The lowest BCUT2D eigenvalue weighted by Gasteiger charge is -2.14. The quantitative estimate of drug-likeness (QED) is 0.572. The number of aryl methyl sites for hydroxylation is 1. The van der Waals surface area contributed by atoms with Crippen molar-refractivity contribution < 1.29 is 0 Å². The molecule has 0 nitrogen and oxygen atoms in total. The number of rotatable bonds is 7. The molecule has 0 aliphatic heterocycles. The second-order valence-corrected chi connectivity index (χ2v) is 5.59. The van der Waals surface area contributed by atoms with Gasteiger partial charge in [-0.2, -0.15) is 0 Å². The van der Waals surface area contributed by atoms with E-state index in [9.17, 15) is 0 Å². The molecule has 0 bridgehead atoms. The van der Waals surface area contributed by atoms with Gasteiger partial charge in [-0.25, -0.2) is 0 Å². The molecule has 0 radical (unpaired) electrons. The zero-order valence-electron chi connectivity index (χ0n) is 10.4. The highest BCUT2D eigenvalue weighted by molar-refractivity contribution is 7.10. The van der Waals surface area contributed by atoms with Gasteiger partial charge in [0.1, 0.15) is 0 Å². The summed E-state index contributed by atoms with van der Waals surface area (Å²) in [6, 6.07) is 2.39. The van der Waals surface area contributed by atoms with E-state index in [4.69, 9.17) is 0 Å². The van der Waals surface area contributed by atoms with Crippen LogP contribution in [0.1, 0.15) is 68.7 Å². The molecule has 1 aromatic rings. The predicted octanol–water partition coefficient (Wildman–Crippen LogP) is 5.52. The van der Waals surface area contributed by atoms with Gasteiger partial charge in [-0.05, 0) is 42.7 Å². The Kier molecular flexibility index (Phi) is 6.00. The van der Waals surface area contributed by atoms with Crippen molar-refractivity contribution in [3.8, 4) is 0 Å². The van der Waals surface area contributed by atoms with Crippen molar-refractivity contribution in [2.75, 3.05) is 0 Å². The van der Waals surface area contributed by atoms with Crippen LogP contribution in [-0.4, -0.2) is 0 Å². The molecule has 0 atom stereocenters. The van der Waals surface area contributed by atoms with Crippen LogP contribution in [0.25, 0.3) is 0 Å². The normalized spacial score (nSPS) is 11.2. The average Bonchev–Trinajstić information content (AvgIpc) is 2.65. The van der Waals surface area contributed by atoms with Crippen molar-refractivity contribution in [3.05, 3.63) is 21.9 Å². The van der Waals surface area contributed by atoms with E-state index < -0.39 is 0 Å². The van der Waals surface area contributed by atoms with Crippen LogP contribution in [0.5, 0.6) is 0 Å². The van der Waals surface area contributed by atoms with Crippen molar-refractivity contribution in [2.45, 2.75) is 65.2 Å². The Balaban J connectivity index is 2.54. The molecule has 0 saturated carbocycles. The Bertz CT molecular complexity index is 254. The standard InChI is InChI=1S/C14H24S/c1-4-6-8-13(9-7-5-2)14-10-12(3)15-11-14/h10-11,13H,4-9H2,1-3H3. The molecule has 86 valence electrons. The molecule has 0 aliphatic carbocycles. The fraction of sp³-hybridized carbons (Fsp3) is 0.714. The van der Waals surface area contributed by atoms with Crippen molar-refractivity contribution in [1.29, 1.82) is 0 Å². The maximum Gasteiger partial charge on any atom is 0.00171 e. The minimum Gasteiger partial charge on any atom is -0.149 e. The molecule has 0 N–H and O–H groups in total. The van der Waals surface area contributed by atoms with Gasteiger partial charge in [0.05, 0.1) is 0 Å². The summed E-state index contributed by atoms with van der Waals surface area (Å²) in [4.78, 5) is 1.46. The van der Waals surface area contributed by atoms with E-state index in [0.29, 0.717) is 0 Å². The van der Waals surface area contributed by atoms with E-state index in [2.05, 4.69) is 32.2 Å². The maximum absolute atomic E-state index is 2.39. The smallest absolute Gasteiger partial charge is 0.00171 e. The van der Waals surface area contributed by atoms with E-state index in [1.807, 2.05) is 11.3 Å². The fourth-order valence-corrected chi connectivity index (χ4v) is 2.84. The van der Waals surface area contributed by atoms with Crippen molar-refractivity contribution >= 4 is 11.3 Å². The van der Waals surface area contributed by atoms with E-state index in [1.54, 1.807) is 5.56 Å². The topological polar surface area (TPSA) is 0 Å². The van der Waals surface area contributed by atoms with Gasteiger partial charge in [0, 0.05) is 4.88 Å². The molecule has 0 aliphatic rings. The Labute approximate surface area is 98.7 Å². The van der Waals surface area contributed by atoms with Gasteiger partial charge in [-0.15, -0.1) is 11.3 Å². The minimum atomic E-state index is 0.829. The summed E-state index contributed by atoms with van der Waals surface area (Å²) in [6.07, 6.45) is 8.17. The van der Waals surface area contributed by atoms with Crippen LogP contribution in [0.15, 0.2) is 11.4 Å². The molecule has 15 heavy (non-hydrogen) atoms. The summed E-state index contributed by atoms with van der Waals surface area (Å²) in [5.74, 6) is 0.829. The fourth-order valence-electron chi connectivity index (χ4n) is 2.06. The number of hydrogen-bond acceptors (Lipinski definition) is 1. The first-order chi connectivity index (χ1) is 7.27. The van der Waals surface area contributed by atoms with Gasteiger partial charge in [0.2, 0.25) is 0 Å². The highest BCUT2D eigenvalue weighted by Gasteiger charge is 2.11. The van der Waals surface area contributed by atoms with Gasteiger partial charge in [0.25, 0.3) is 0 Å². The molecule has 0 aromatic carbocycles. The maximum atomic E-state index is 2.39. The van der Waals surface area contributed by atoms with Gasteiger partial charge in [0.15, 0.2) is 0 Å². The first kappa shape index (κ1) is 12.8. The minimum absolute atomic E-state index is 0.829. The molecule has 1 aromatic heterocycles. The van der Waals surface area contributed by atoms with Crippen molar-refractivity contribution in [1.82, 2.24) is 0 Å². The number of unbranched alkanes of at least 4 members (excludes halogenated alkanes) is 2. The monoisotopic (exact) mass is 224 g/mol. The van der Waals surface area contributed by atoms with Gasteiger partial charge < -0.3 is 0 Å².